The first kappa shape index (κ1) is 16.2. The van der Waals surface area contributed by atoms with Crippen LogP contribution in [0.1, 0.15) is 36.8 Å². The van der Waals surface area contributed by atoms with E-state index >= 15 is 0 Å². The topological polar surface area (TPSA) is 81.2 Å². The van der Waals surface area contributed by atoms with Crippen LogP contribution < -0.4 is 11.1 Å². The molecule has 3 N–H and O–H groups in total. The fraction of sp³-hybridized carbons (Fsp3) is 0.412. The molecule has 0 aromatic carbocycles. The van der Waals surface area contributed by atoms with Crippen molar-refractivity contribution < 1.29 is 9.21 Å². The largest absolute Gasteiger partial charge is 0.463 e. The van der Waals surface area contributed by atoms with Crippen LogP contribution in [0.25, 0.3) is 11.5 Å². The number of carbonyl (C=O) groups is 1. The first-order valence-electron chi connectivity index (χ1n) is 7.41. The first-order chi connectivity index (χ1) is 10.4. The third-order valence-electron chi connectivity index (χ3n) is 4.20. The van der Waals surface area contributed by atoms with Crippen LogP contribution in [0.3, 0.4) is 0 Å². The van der Waals surface area contributed by atoms with Crippen molar-refractivity contribution >= 4 is 5.91 Å². The molecule has 5 nitrogen and oxygen atoms in total. The number of hydrogen-bond donors (Lipinski definition) is 2. The van der Waals surface area contributed by atoms with Gasteiger partial charge in [0.05, 0.1) is 23.1 Å². The Labute approximate surface area is 130 Å². The number of amides is 1. The molecule has 0 saturated carbocycles. The summed E-state index contributed by atoms with van der Waals surface area (Å²) >= 11 is 0. The lowest BCUT2D eigenvalue weighted by atomic mass is 9.88. The molecule has 0 aliphatic rings. The van der Waals surface area contributed by atoms with E-state index in [0.717, 1.165) is 0 Å². The van der Waals surface area contributed by atoms with E-state index in [2.05, 4.69) is 10.3 Å². The molecule has 0 bridgehead atoms. The molecule has 0 saturated heterocycles. The number of nitrogens with one attached hydrogen (secondary N) is 1. The molecule has 2 rings (SSSR count). The highest BCUT2D eigenvalue weighted by Crippen LogP contribution is 2.21. The van der Waals surface area contributed by atoms with Crippen molar-refractivity contribution in [3.05, 3.63) is 41.8 Å². The van der Waals surface area contributed by atoms with Crippen molar-refractivity contribution in [3.8, 4) is 11.5 Å². The van der Waals surface area contributed by atoms with Crippen LogP contribution in [-0.2, 0) is 0 Å². The molecule has 5 heteroatoms. The maximum atomic E-state index is 12.5. The number of nitrogens with zero attached hydrogens (tertiary/aromatic N) is 1. The second-order valence-corrected chi connectivity index (χ2v) is 6.04. The maximum absolute atomic E-state index is 12.5. The molecule has 0 fully saturated rings. The number of furan rings is 1. The van der Waals surface area contributed by atoms with Gasteiger partial charge in [-0.05, 0) is 44.0 Å². The smallest absolute Gasteiger partial charge is 0.253 e. The monoisotopic (exact) mass is 301 g/mol. The number of rotatable bonds is 5. The number of carbonyl (C=O) groups excluding carboxylic acids is 1. The Bertz CT molecular complexity index is 650. The van der Waals surface area contributed by atoms with E-state index in [0.29, 0.717) is 29.3 Å². The minimum Gasteiger partial charge on any atom is -0.463 e. The summed E-state index contributed by atoms with van der Waals surface area (Å²) in [5.74, 6) is 0.763. The van der Waals surface area contributed by atoms with Crippen LogP contribution >= 0.6 is 0 Å². The second kappa shape index (κ2) is 6.32. The third kappa shape index (κ3) is 3.20. The summed E-state index contributed by atoms with van der Waals surface area (Å²) < 4.78 is 5.32. The van der Waals surface area contributed by atoms with Crippen LogP contribution in [0, 0.1) is 12.8 Å². The third-order valence-corrected chi connectivity index (χ3v) is 4.20. The average molecular weight is 301 g/mol. The predicted octanol–water partition coefficient (Wildman–Crippen LogP) is 2.75. The van der Waals surface area contributed by atoms with Gasteiger partial charge in [0.2, 0.25) is 0 Å². The van der Waals surface area contributed by atoms with Gasteiger partial charge in [-0.15, -0.1) is 0 Å². The molecule has 2 aromatic heterocycles. The van der Waals surface area contributed by atoms with Crippen molar-refractivity contribution in [1.29, 1.82) is 0 Å². The molecule has 2 aromatic rings. The molecule has 118 valence electrons. The van der Waals surface area contributed by atoms with E-state index in [1.807, 2.05) is 39.8 Å². The molecular formula is C17H23N3O2. The van der Waals surface area contributed by atoms with Crippen molar-refractivity contribution in [2.45, 2.75) is 33.2 Å². The van der Waals surface area contributed by atoms with Crippen LogP contribution in [0.4, 0.5) is 0 Å². The quantitative estimate of drug-likeness (QED) is 0.889. The van der Waals surface area contributed by atoms with Gasteiger partial charge in [-0.2, -0.15) is 0 Å². The molecular weight excluding hydrogens is 278 g/mol. The minimum atomic E-state index is -0.441. The maximum Gasteiger partial charge on any atom is 0.253 e. The van der Waals surface area contributed by atoms with E-state index in [1.165, 1.54) is 0 Å². The molecule has 0 aliphatic carbocycles. The number of hydrogen-bond acceptors (Lipinski definition) is 4. The normalized spacial score (nSPS) is 13.9. The van der Waals surface area contributed by atoms with Crippen LogP contribution in [-0.4, -0.2) is 23.0 Å². The highest BCUT2D eigenvalue weighted by Gasteiger charge is 2.29. The van der Waals surface area contributed by atoms with E-state index in [-0.39, 0.29) is 11.8 Å². The SMILES string of the molecule is Cc1nc(-c2ccco2)ccc1C(=O)NC(C)(CN)C(C)C. The number of pyridine rings is 1. The Morgan fingerprint density at radius 3 is 2.64 bits per heavy atom. The van der Waals surface area contributed by atoms with Gasteiger partial charge in [-0.25, -0.2) is 4.98 Å². The summed E-state index contributed by atoms with van der Waals surface area (Å²) in [5.41, 5.74) is 7.30. The highest BCUT2D eigenvalue weighted by molar-refractivity contribution is 5.96. The molecule has 0 radical (unpaired) electrons. The molecule has 2 heterocycles. The molecule has 22 heavy (non-hydrogen) atoms. The zero-order valence-electron chi connectivity index (χ0n) is 13.5. The van der Waals surface area contributed by atoms with Crippen LogP contribution in [0.2, 0.25) is 0 Å². The van der Waals surface area contributed by atoms with Gasteiger partial charge >= 0.3 is 0 Å². The summed E-state index contributed by atoms with van der Waals surface area (Å²) in [6.07, 6.45) is 1.60. The Morgan fingerprint density at radius 2 is 2.14 bits per heavy atom. The fourth-order valence-electron chi connectivity index (χ4n) is 2.12. The summed E-state index contributed by atoms with van der Waals surface area (Å²) in [6.45, 7) is 8.23. The number of nitrogens with two attached hydrogens (primary N) is 1. The standard InChI is InChI=1S/C17H23N3O2/c1-11(2)17(4,10-18)20-16(21)13-7-8-14(19-12(13)3)15-6-5-9-22-15/h5-9,11H,10,18H2,1-4H3,(H,20,21). The lowest BCUT2D eigenvalue weighted by molar-refractivity contribution is 0.0882. The molecule has 1 atom stereocenters. The summed E-state index contributed by atoms with van der Waals surface area (Å²) in [6, 6.07) is 7.21. The van der Waals surface area contributed by atoms with Gasteiger partial charge in [0, 0.05) is 6.54 Å². The van der Waals surface area contributed by atoms with Gasteiger partial charge in [-0.1, -0.05) is 13.8 Å². The van der Waals surface area contributed by atoms with Crippen LogP contribution in [0.5, 0.6) is 0 Å². The zero-order valence-corrected chi connectivity index (χ0v) is 13.5. The highest BCUT2D eigenvalue weighted by atomic mass is 16.3. The molecule has 1 unspecified atom stereocenters. The van der Waals surface area contributed by atoms with Gasteiger partial charge in [0.15, 0.2) is 5.76 Å². The van der Waals surface area contributed by atoms with Gasteiger partial charge in [-0.3, -0.25) is 4.79 Å². The Kier molecular flexibility index (Phi) is 4.66. The lowest BCUT2D eigenvalue weighted by Crippen LogP contribution is -2.55. The minimum absolute atomic E-state index is 0.155. The van der Waals surface area contributed by atoms with Crippen molar-refractivity contribution in [2.75, 3.05) is 6.54 Å². The average Bonchev–Trinajstić information content (AvgIpc) is 3.00. The zero-order chi connectivity index (χ0) is 16.3. The lowest BCUT2D eigenvalue weighted by Gasteiger charge is -2.33. The Hall–Kier alpha value is -2.14. The summed E-state index contributed by atoms with van der Waals surface area (Å²) in [5, 5.41) is 3.03. The summed E-state index contributed by atoms with van der Waals surface area (Å²) in [7, 11) is 0. The first-order valence-corrected chi connectivity index (χ1v) is 7.41. The Morgan fingerprint density at radius 1 is 1.41 bits per heavy atom. The van der Waals surface area contributed by atoms with Crippen molar-refractivity contribution in [1.82, 2.24) is 10.3 Å². The van der Waals surface area contributed by atoms with Crippen molar-refractivity contribution in [3.63, 3.8) is 0 Å². The molecule has 0 aliphatic heterocycles. The number of aryl methyl sites for hydroxylation is 1. The van der Waals surface area contributed by atoms with Gasteiger partial charge in [0.25, 0.3) is 5.91 Å². The van der Waals surface area contributed by atoms with E-state index in [9.17, 15) is 4.79 Å². The molecule has 1 amide bonds. The van der Waals surface area contributed by atoms with Gasteiger partial charge < -0.3 is 15.5 Å². The Balaban J connectivity index is 2.24. The van der Waals surface area contributed by atoms with Gasteiger partial charge in [0.1, 0.15) is 5.69 Å². The van der Waals surface area contributed by atoms with E-state index < -0.39 is 5.54 Å². The van der Waals surface area contributed by atoms with Crippen LogP contribution in [0.15, 0.2) is 34.9 Å². The predicted molar refractivity (Wildman–Crippen MR) is 86.4 cm³/mol. The second-order valence-electron chi connectivity index (χ2n) is 6.04. The van der Waals surface area contributed by atoms with Crippen molar-refractivity contribution in [2.24, 2.45) is 11.7 Å². The molecule has 0 spiro atoms. The summed E-state index contributed by atoms with van der Waals surface area (Å²) in [4.78, 5) is 17.0. The van der Waals surface area contributed by atoms with E-state index in [1.54, 1.807) is 18.4 Å². The number of aromatic nitrogens is 1. The fourth-order valence-corrected chi connectivity index (χ4v) is 2.12. The van der Waals surface area contributed by atoms with E-state index in [4.69, 9.17) is 10.2 Å².